The van der Waals surface area contributed by atoms with E-state index in [4.69, 9.17) is 11.6 Å². The highest BCUT2D eigenvalue weighted by Gasteiger charge is 1.87. The summed E-state index contributed by atoms with van der Waals surface area (Å²) in [5, 5.41) is 4.96. The van der Waals surface area contributed by atoms with Gasteiger partial charge < -0.3 is 5.32 Å². The fraction of sp³-hybridized carbons (Fsp3) is 0.267. The van der Waals surface area contributed by atoms with Crippen molar-refractivity contribution in [3.05, 3.63) is 48.5 Å². The highest BCUT2D eigenvalue weighted by Crippen LogP contribution is 2.11. The number of nitrogens with one attached hydrogen (secondary N) is 1. The lowest BCUT2D eigenvalue weighted by Gasteiger charge is -1.92. The van der Waals surface area contributed by atoms with Crippen LogP contribution in [-0.4, -0.2) is 18.8 Å². The van der Waals surface area contributed by atoms with Crippen LogP contribution in [0.1, 0.15) is 13.8 Å². The quantitative estimate of drug-likeness (QED) is 0.780. The molecule has 2 aromatic rings. The summed E-state index contributed by atoms with van der Waals surface area (Å²) in [6.07, 6.45) is 0. The first kappa shape index (κ1) is 16.5. The van der Waals surface area contributed by atoms with Gasteiger partial charge in [0.25, 0.3) is 0 Å². The Morgan fingerprint density at radius 1 is 1.00 bits per heavy atom. The van der Waals surface area contributed by atoms with Crippen LogP contribution in [0.4, 0.5) is 0 Å². The first-order valence-corrected chi connectivity index (χ1v) is 6.51. The number of hydrogen-bond acceptors (Lipinski definition) is 1. The van der Waals surface area contributed by atoms with Crippen molar-refractivity contribution in [2.75, 3.05) is 12.9 Å². The van der Waals surface area contributed by atoms with E-state index >= 15 is 0 Å². The maximum atomic E-state index is 9.94. The average Bonchev–Trinajstić information content (AvgIpc) is 2.49. The molecule has 0 atom stereocenters. The van der Waals surface area contributed by atoms with Crippen LogP contribution in [0.5, 0.6) is 0 Å². The number of fused-ring (bicyclic) bond motifs is 1. The number of alkyl halides is 1. The van der Waals surface area contributed by atoms with E-state index in [0.717, 1.165) is 0 Å². The molecule has 0 radical (unpaired) electrons. The predicted molar refractivity (Wildman–Crippen MR) is 80.1 cm³/mol. The normalized spacial score (nSPS) is 8.44. The molecule has 0 aliphatic rings. The Morgan fingerprint density at radius 3 is 1.50 bits per heavy atom. The molecule has 3 heteroatoms. The Morgan fingerprint density at radius 2 is 1.33 bits per heavy atom. The SMILES string of the molecule is CC.CNC(=O)CCl.c1ccc2ccccc2c1. The fourth-order valence-electron chi connectivity index (χ4n) is 1.20. The molecule has 0 saturated carbocycles. The van der Waals surface area contributed by atoms with Gasteiger partial charge >= 0.3 is 0 Å². The molecule has 0 bridgehead atoms. The van der Waals surface area contributed by atoms with Gasteiger partial charge in [-0.1, -0.05) is 62.4 Å². The summed E-state index contributed by atoms with van der Waals surface area (Å²) in [5.41, 5.74) is 0. The lowest BCUT2D eigenvalue weighted by atomic mass is 10.1. The third-order valence-electron chi connectivity index (χ3n) is 2.06. The van der Waals surface area contributed by atoms with Crippen LogP contribution in [0.3, 0.4) is 0 Å². The van der Waals surface area contributed by atoms with Crippen molar-refractivity contribution in [1.82, 2.24) is 5.32 Å². The van der Waals surface area contributed by atoms with E-state index in [1.807, 2.05) is 13.8 Å². The third-order valence-corrected chi connectivity index (χ3v) is 2.30. The van der Waals surface area contributed by atoms with Crippen molar-refractivity contribution in [2.24, 2.45) is 0 Å². The highest BCUT2D eigenvalue weighted by atomic mass is 35.5. The summed E-state index contributed by atoms with van der Waals surface area (Å²) in [4.78, 5) is 9.94. The molecule has 0 heterocycles. The molecule has 18 heavy (non-hydrogen) atoms. The Bertz CT molecular complexity index is 385. The average molecular weight is 266 g/mol. The molecule has 0 spiro atoms. The van der Waals surface area contributed by atoms with Crippen molar-refractivity contribution in [3.63, 3.8) is 0 Å². The number of amides is 1. The molecule has 2 rings (SSSR count). The van der Waals surface area contributed by atoms with Gasteiger partial charge in [0.05, 0.1) is 0 Å². The smallest absolute Gasteiger partial charge is 0.234 e. The molecule has 0 saturated heterocycles. The first-order valence-electron chi connectivity index (χ1n) is 5.98. The van der Waals surface area contributed by atoms with Gasteiger partial charge in [0.2, 0.25) is 5.91 Å². The molecule has 0 aromatic heterocycles. The van der Waals surface area contributed by atoms with Crippen LogP contribution in [0.15, 0.2) is 48.5 Å². The zero-order chi connectivity index (χ0) is 13.8. The predicted octanol–water partition coefficient (Wildman–Crippen LogP) is 3.84. The topological polar surface area (TPSA) is 29.1 Å². The second-order valence-electron chi connectivity index (χ2n) is 3.15. The maximum Gasteiger partial charge on any atom is 0.234 e. The molecular formula is C15H20ClNO. The molecule has 1 amide bonds. The van der Waals surface area contributed by atoms with Gasteiger partial charge in [-0.2, -0.15) is 0 Å². The summed E-state index contributed by atoms with van der Waals surface area (Å²) in [7, 11) is 1.55. The van der Waals surface area contributed by atoms with Gasteiger partial charge in [0.15, 0.2) is 0 Å². The number of benzene rings is 2. The van der Waals surface area contributed by atoms with Crippen LogP contribution in [0, 0.1) is 0 Å². The van der Waals surface area contributed by atoms with Gasteiger partial charge in [-0.15, -0.1) is 11.6 Å². The summed E-state index contributed by atoms with van der Waals surface area (Å²) in [6, 6.07) is 16.7. The monoisotopic (exact) mass is 265 g/mol. The maximum absolute atomic E-state index is 9.94. The lowest BCUT2D eigenvalue weighted by molar-refractivity contribution is -0.118. The third kappa shape index (κ3) is 6.26. The largest absolute Gasteiger partial charge is 0.358 e. The van der Waals surface area contributed by atoms with Crippen LogP contribution in [0.2, 0.25) is 0 Å². The summed E-state index contributed by atoms with van der Waals surface area (Å²) in [5.74, 6) is -0.0899. The van der Waals surface area contributed by atoms with Crippen molar-refractivity contribution in [2.45, 2.75) is 13.8 Å². The van der Waals surface area contributed by atoms with Gasteiger partial charge in [-0.25, -0.2) is 0 Å². The lowest BCUT2D eigenvalue weighted by Crippen LogP contribution is -2.18. The molecule has 98 valence electrons. The number of rotatable bonds is 1. The first-order chi connectivity index (χ1) is 8.77. The Hall–Kier alpha value is -1.54. The van der Waals surface area contributed by atoms with Crippen LogP contribution < -0.4 is 5.32 Å². The van der Waals surface area contributed by atoms with Crippen LogP contribution >= 0.6 is 11.6 Å². The standard InChI is InChI=1S/C10H8.C3H6ClNO.C2H6/c1-2-6-10-8-4-3-7-9(10)5-1;1-5-3(6)2-4;1-2/h1-8H;2H2,1H3,(H,5,6);1-2H3. The van der Waals surface area contributed by atoms with E-state index in [0.29, 0.717) is 0 Å². The second-order valence-corrected chi connectivity index (χ2v) is 3.42. The summed E-state index contributed by atoms with van der Waals surface area (Å²) < 4.78 is 0. The molecule has 0 unspecified atom stereocenters. The summed E-state index contributed by atoms with van der Waals surface area (Å²) >= 11 is 5.04. The zero-order valence-electron chi connectivity index (χ0n) is 11.1. The number of carbonyl (C=O) groups excluding carboxylic acids is 1. The minimum absolute atomic E-state index is 0.0521. The van der Waals surface area contributed by atoms with E-state index in [1.165, 1.54) is 10.8 Å². The van der Waals surface area contributed by atoms with E-state index in [2.05, 4.69) is 53.8 Å². The van der Waals surface area contributed by atoms with Gasteiger partial charge in [0.1, 0.15) is 5.88 Å². The van der Waals surface area contributed by atoms with E-state index in [9.17, 15) is 4.79 Å². The molecule has 2 nitrogen and oxygen atoms in total. The molecule has 1 N–H and O–H groups in total. The minimum atomic E-state index is -0.142. The van der Waals surface area contributed by atoms with Crippen LogP contribution in [-0.2, 0) is 4.79 Å². The Labute approximate surface area is 114 Å². The van der Waals surface area contributed by atoms with Crippen molar-refractivity contribution < 1.29 is 4.79 Å². The number of carbonyl (C=O) groups is 1. The van der Waals surface area contributed by atoms with Crippen molar-refractivity contribution in [3.8, 4) is 0 Å². The van der Waals surface area contributed by atoms with Gasteiger partial charge in [0, 0.05) is 7.05 Å². The highest BCUT2D eigenvalue weighted by molar-refractivity contribution is 6.27. The number of hydrogen-bond donors (Lipinski definition) is 1. The second kappa shape index (κ2) is 10.6. The summed E-state index contributed by atoms with van der Waals surface area (Å²) in [6.45, 7) is 4.00. The van der Waals surface area contributed by atoms with Crippen molar-refractivity contribution in [1.29, 1.82) is 0 Å². The zero-order valence-corrected chi connectivity index (χ0v) is 11.9. The minimum Gasteiger partial charge on any atom is -0.358 e. The van der Waals surface area contributed by atoms with Crippen LogP contribution in [0.25, 0.3) is 10.8 Å². The van der Waals surface area contributed by atoms with E-state index in [1.54, 1.807) is 7.05 Å². The fourth-order valence-corrected chi connectivity index (χ4v) is 1.33. The van der Waals surface area contributed by atoms with Gasteiger partial charge in [-0.3, -0.25) is 4.79 Å². The Balaban J connectivity index is 0.000000315. The van der Waals surface area contributed by atoms with E-state index in [-0.39, 0.29) is 11.8 Å². The molecule has 0 fully saturated rings. The van der Waals surface area contributed by atoms with Crippen molar-refractivity contribution >= 4 is 28.3 Å². The molecule has 2 aromatic carbocycles. The van der Waals surface area contributed by atoms with Gasteiger partial charge in [-0.05, 0) is 10.8 Å². The molecule has 0 aliphatic carbocycles. The molecular weight excluding hydrogens is 246 g/mol. The number of halogens is 1. The van der Waals surface area contributed by atoms with E-state index < -0.39 is 0 Å². The Kier molecular flexibility index (Phi) is 9.70. The molecule has 0 aliphatic heterocycles.